The van der Waals surface area contributed by atoms with Gasteiger partial charge in [-0.15, -0.1) is 0 Å². The van der Waals surface area contributed by atoms with Gasteiger partial charge in [0.25, 0.3) is 0 Å². The SMILES string of the molecule is CC.Cc1ccc(NC2CC2)nc1. The van der Waals surface area contributed by atoms with Crippen LogP contribution < -0.4 is 5.32 Å². The number of hydrogen-bond acceptors (Lipinski definition) is 2. The zero-order valence-corrected chi connectivity index (χ0v) is 8.67. The van der Waals surface area contributed by atoms with Crippen molar-refractivity contribution in [3.05, 3.63) is 23.9 Å². The second kappa shape index (κ2) is 4.85. The zero-order valence-electron chi connectivity index (χ0n) is 8.67. The van der Waals surface area contributed by atoms with Gasteiger partial charge in [0.1, 0.15) is 5.82 Å². The minimum absolute atomic E-state index is 0.699. The molecule has 1 N–H and O–H groups in total. The van der Waals surface area contributed by atoms with Crippen molar-refractivity contribution >= 4 is 5.82 Å². The Kier molecular flexibility index (Phi) is 3.74. The third-order valence-corrected chi connectivity index (χ3v) is 1.84. The van der Waals surface area contributed by atoms with Crippen LogP contribution in [0.2, 0.25) is 0 Å². The van der Waals surface area contributed by atoms with Crippen molar-refractivity contribution in [2.75, 3.05) is 5.32 Å². The molecule has 0 radical (unpaired) electrons. The first-order valence-corrected chi connectivity index (χ1v) is 5.04. The van der Waals surface area contributed by atoms with E-state index in [1.807, 2.05) is 33.0 Å². The van der Waals surface area contributed by atoms with Crippen LogP contribution in [0.25, 0.3) is 0 Å². The summed E-state index contributed by atoms with van der Waals surface area (Å²) in [5.74, 6) is 1.01. The van der Waals surface area contributed by atoms with Crippen LogP contribution in [0.3, 0.4) is 0 Å². The Morgan fingerprint density at radius 1 is 1.31 bits per heavy atom. The summed E-state index contributed by atoms with van der Waals surface area (Å²) in [7, 11) is 0. The summed E-state index contributed by atoms with van der Waals surface area (Å²) in [6, 6.07) is 4.82. The van der Waals surface area contributed by atoms with E-state index in [-0.39, 0.29) is 0 Å². The largest absolute Gasteiger partial charge is 0.367 e. The average molecular weight is 178 g/mol. The maximum absolute atomic E-state index is 4.25. The normalized spacial score (nSPS) is 14.4. The molecule has 1 aliphatic carbocycles. The van der Waals surface area contributed by atoms with Gasteiger partial charge in [-0.2, -0.15) is 0 Å². The minimum Gasteiger partial charge on any atom is -0.367 e. The highest BCUT2D eigenvalue weighted by Gasteiger charge is 2.20. The summed E-state index contributed by atoms with van der Waals surface area (Å²) in [6.45, 7) is 6.05. The molecule has 13 heavy (non-hydrogen) atoms. The molecule has 0 aromatic carbocycles. The second-order valence-corrected chi connectivity index (χ2v) is 3.14. The van der Waals surface area contributed by atoms with Crippen LogP contribution in [0.1, 0.15) is 32.3 Å². The standard InChI is InChI=1S/C9H12N2.C2H6/c1-7-2-5-9(10-6-7)11-8-3-4-8;1-2/h2,5-6,8H,3-4H2,1H3,(H,10,11);1-2H3. The summed E-state index contributed by atoms with van der Waals surface area (Å²) in [6.07, 6.45) is 4.50. The predicted octanol–water partition coefficient (Wildman–Crippen LogP) is 2.99. The number of nitrogens with zero attached hydrogens (tertiary/aromatic N) is 1. The van der Waals surface area contributed by atoms with E-state index >= 15 is 0 Å². The van der Waals surface area contributed by atoms with Crippen molar-refractivity contribution in [3.8, 4) is 0 Å². The van der Waals surface area contributed by atoms with Crippen LogP contribution in [0.5, 0.6) is 0 Å². The van der Waals surface area contributed by atoms with E-state index in [0.717, 1.165) is 5.82 Å². The Bertz CT molecular complexity index is 237. The van der Waals surface area contributed by atoms with Gasteiger partial charge >= 0.3 is 0 Å². The molecule has 0 spiro atoms. The first-order valence-electron chi connectivity index (χ1n) is 5.04. The fourth-order valence-corrected chi connectivity index (χ4v) is 0.990. The molecule has 0 atom stereocenters. The maximum Gasteiger partial charge on any atom is 0.126 e. The monoisotopic (exact) mass is 178 g/mol. The van der Waals surface area contributed by atoms with Crippen molar-refractivity contribution in [1.82, 2.24) is 4.98 Å². The van der Waals surface area contributed by atoms with Crippen LogP contribution in [0.15, 0.2) is 18.3 Å². The van der Waals surface area contributed by atoms with E-state index in [4.69, 9.17) is 0 Å². The molecule has 1 aromatic rings. The number of aryl methyl sites for hydroxylation is 1. The Morgan fingerprint density at radius 3 is 2.46 bits per heavy atom. The van der Waals surface area contributed by atoms with Crippen molar-refractivity contribution in [3.63, 3.8) is 0 Å². The molecule has 0 saturated heterocycles. The lowest BCUT2D eigenvalue weighted by Gasteiger charge is -2.01. The molecule has 0 aliphatic heterocycles. The van der Waals surface area contributed by atoms with Crippen LogP contribution in [-0.2, 0) is 0 Å². The highest BCUT2D eigenvalue weighted by molar-refractivity contribution is 5.37. The molecule has 1 aromatic heterocycles. The van der Waals surface area contributed by atoms with E-state index < -0.39 is 0 Å². The molecule has 0 amide bonds. The Labute approximate surface area is 80.4 Å². The van der Waals surface area contributed by atoms with Gasteiger partial charge in [0, 0.05) is 12.2 Å². The second-order valence-electron chi connectivity index (χ2n) is 3.14. The molecule has 2 nitrogen and oxygen atoms in total. The molecule has 72 valence electrons. The van der Waals surface area contributed by atoms with E-state index in [1.165, 1.54) is 18.4 Å². The lowest BCUT2D eigenvalue weighted by atomic mass is 10.3. The summed E-state index contributed by atoms with van der Waals surface area (Å²) in [5.41, 5.74) is 1.21. The fraction of sp³-hybridized carbons (Fsp3) is 0.545. The van der Waals surface area contributed by atoms with E-state index in [9.17, 15) is 0 Å². The molecule has 1 saturated carbocycles. The maximum atomic E-state index is 4.25. The third kappa shape index (κ3) is 3.45. The Morgan fingerprint density at radius 2 is 2.00 bits per heavy atom. The zero-order chi connectivity index (χ0) is 9.68. The molecule has 1 fully saturated rings. The average Bonchev–Trinajstić information content (AvgIpc) is 2.96. The lowest BCUT2D eigenvalue weighted by molar-refractivity contribution is 1.11. The Hall–Kier alpha value is -1.05. The number of hydrogen-bond donors (Lipinski definition) is 1. The van der Waals surface area contributed by atoms with Crippen molar-refractivity contribution in [2.24, 2.45) is 0 Å². The first kappa shape index (κ1) is 10.0. The Balaban J connectivity index is 0.000000396. The molecule has 1 heterocycles. The summed E-state index contributed by atoms with van der Waals surface area (Å²) >= 11 is 0. The minimum atomic E-state index is 0.699. The smallest absolute Gasteiger partial charge is 0.126 e. The van der Waals surface area contributed by atoms with Gasteiger partial charge in [0.2, 0.25) is 0 Å². The van der Waals surface area contributed by atoms with Crippen molar-refractivity contribution in [1.29, 1.82) is 0 Å². The van der Waals surface area contributed by atoms with Gasteiger partial charge in [0.05, 0.1) is 0 Å². The van der Waals surface area contributed by atoms with Crippen molar-refractivity contribution < 1.29 is 0 Å². The van der Waals surface area contributed by atoms with E-state index in [0.29, 0.717) is 6.04 Å². The molecule has 2 heteroatoms. The van der Waals surface area contributed by atoms with Gasteiger partial charge in [0.15, 0.2) is 0 Å². The lowest BCUT2D eigenvalue weighted by Crippen LogP contribution is -2.02. The van der Waals surface area contributed by atoms with Crippen LogP contribution in [0.4, 0.5) is 5.82 Å². The van der Waals surface area contributed by atoms with Crippen LogP contribution in [0, 0.1) is 6.92 Å². The molecule has 0 bridgehead atoms. The number of aromatic nitrogens is 1. The molecular weight excluding hydrogens is 160 g/mol. The molecule has 1 aliphatic rings. The van der Waals surface area contributed by atoms with Gasteiger partial charge in [-0.3, -0.25) is 0 Å². The number of anilines is 1. The van der Waals surface area contributed by atoms with Gasteiger partial charge in [-0.1, -0.05) is 19.9 Å². The van der Waals surface area contributed by atoms with Crippen LogP contribution >= 0.6 is 0 Å². The molecule has 0 unspecified atom stereocenters. The summed E-state index contributed by atoms with van der Waals surface area (Å²) in [4.78, 5) is 4.25. The van der Waals surface area contributed by atoms with Gasteiger partial charge in [-0.05, 0) is 31.4 Å². The highest BCUT2D eigenvalue weighted by atomic mass is 15.0. The molecule has 2 rings (SSSR count). The predicted molar refractivity (Wildman–Crippen MR) is 57.0 cm³/mol. The van der Waals surface area contributed by atoms with Crippen molar-refractivity contribution in [2.45, 2.75) is 39.7 Å². The van der Waals surface area contributed by atoms with E-state index in [2.05, 4.69) is 16.4 Å². The molecular formula is C11H18N2. The van der Waals surface area contributed by atoms with Gasteiger partial charge in [-0.25, -0.2) is 4.98 Å². The number of rotatable bonds is 2. The summed E-state index contributed by atoms with van der Waals surface area (Å²) < 4.78 is 0. The first-order chi connectivity index (χ1) is 6.34. The number of pyridine rings is 1. The highest BCUT2D eigenvalue weighted by Crippen LogP contribution is 2.23. The number of nitrogens with one attached hydrogen (secondary N) is 1. The van der Waals surface area contributed by atoms with Gasteiger partial charge < -0.3 is 5.32 Å². The van der Waals surface area contributed by atoms with Crippen LogP contribution in [-0.4, -0.2) is 11.0 Å². The fourth-order valence-electron chi connectivity index (χ4n) is 0.990. The quantitative estimate of drug-likeness (QED) is 0.753. The summed E-state index contributed by atoms with van der Waals surface area (Å²) in [5, 5.41) is 3.33. The topological polar surface area (TPSA) is 24.9 Å². The van der Waals surface area contributed by atoms with E-state index in [1.54, 1.807) is 0 Å². The third-order valence-electron chi connectivity index (χ3n) is 1.84.